The van der Waals surface area contributed by atoms with Crippen molar-refractivity contribution in [2.75, 3.05) is 0 Å². The molecule has 1 aromatic rings. The van der Waals surface area contributed by atoms with Gasteiger partial charge in [0, 0.05) is 5.56 Å². The molecule has 0 bridgehead atoms. The first-order valence-electron chi connectivity index (χ1n) is 6.06. The van der Waals surface area contributed by atoms with Gasteiger partial charge in [-0.15, -0.1) is 0 Å². The average Bonchev–Trinajstić information content (AvgIpc) is 2.42. The van der Waals surface area contributed by atoms with Crippen molar-refractivity contribution < 1.29 is 9.78 Å². The first kappa shape index (κ1) is 11.1. The van der Waals surface area contributed by atoms with E-state index in [1.807, 2.05) is 30.3 Å². The second-order valence-corrected chi connectivity index (χ2v) is 4.14. The summed E-state index contributed by atoms with van der Waals surface area (Å²) < 4.78 is 0. The minimum atomic E-state index is 0.769. The molecule has 16 heavy (non-hydrogen) atoms. The molecule has 1 aliphatic heterocycles. The second-order valence-electron chi connectivity index (χ2n) is 4.14. The van der Waals surface area contributed by atoms with Crippen LogP contribution in [0.3, 0.4) is 0 Å². The molecular formula is C14H18O2. The van der Waals surface area contributed by atoms with Crippen LogP contribution in [0.25, 0.3) is 6.08 Å². The molecule has 1 saturated carbocycles. The zero-order valence-electron chi connectivity index (χ0n) is 9.52. The number of hydrogen-bond acceptors (Lipinski definition) is 2. The van der Waals surface area contributed by atoms with Crippen molar-refractivity contribution in [1.82, 2.24) is 0 Å². The Hall–Kier alpha value is -1.44. The van der Waals surface area contributed by atoms with Gasteiger partial charge in [-0.05, 0) is 12.1 Å². The maximum absolute atomic E-state index is 4.84. The lowest BCUT2D eigenvalue weighted by atomic mass is 10.0. The SMILES string of the molecule is C1=Cc2ccccc2OO1.C1CCCCC1. The Balaban J connectivity index is 0.000000138. The zero-order valence-corrected chi connectivity index (χ0v) is 9.52. The van der Waals surface area contributed by atoms with E-state index in [-0.39, 0.29) is 0 Å². The van der Waals surface area contributed by atoms with Gasteiger partial charge in [0.25, 0.3) is 0 Å². The van der Waals surface area contributed by atoms with Crippen LogP contribution < -0.4 is 4.89 Å². The van der Waals surface area contributed by atoms with E-state index in [9.17, 15) is 0 Å². The lowest BCUT2D eigenvalue weighted by Crippen LogP contribution is -1.96. The highest BCUT2D eigenvalue weighted by Crippen LogP contribution is 2.22. The van der Waals surface area contributed by atoms with Crippen LogP contribution in [0.1, 0.15) is 44.1 Å². The first-order valence-corrected chi connectivity index (χ1v) is 6.06. The molecule has 0 spiro atoms. The van der Waals surface area contributed by atoms with Crippen molar-refractivity contribution in [2.24, 2.45) is 0 Å². The fourth-order valence-corrected chi connectivity index (χ4v) is 1.94. The fraction of sp³-hybridized carbons (Fsp3) is 0.429. The summed E-state index contributed by atoms with van der Waals surface area (Å²) in [4.78, 5) is 9.45. The summed E-state index contributed by atoms with van der Waals surface area (Å²) in [6.07, 6.45) is 12.4. The van der Waals surface area contributed by atoms with E-state index in [4.69, 9.17) is 4.89 Å². The van der Waals surface area contributed by atoms with E-state index in [2.05, 4.69) is 4.89 Å². The Morgan fingerprint density at radius 1 is 0.812 bits per heavy atom. The topological polar surface area (TPSA) is 18.5 Å². The molecule has 0 atom stereocenters. The first-order chi connectivity index (χ1) is 7.97. The van der Waals surface area contributed by atoms with Crippen LogP contribution in [0.4, 0.5) is 0 Å². The standard InChI is InChI=1S/C8H6O2.C6H12/c1-2-4-8-7(3-1)5-6-9-10-8;1-2-4-6-5-3-1/h1-6H;1-6H2. The Labute approximate surface area is 96.8 Å². The Bertz CT molecular complexity index is 329. The molecule has 3 rings (SSSR count). The molecule has 0 aromatic heterocycles. The quantitative estimate of drug-likeness (QED) is 0.604. The van der Waals surface area contributed by atoms with Crippen LogP contribution in [0.15, 0.2) is 30.5 Å². The molecule has 0 radical (unpaired) electrons. The number of para-hydroxylation sites is 1. The van der Waals surface area contributed by atoms with E-state index in [0.717, 1.165) is 11.3 Å². The summed E-state index contributed by atoms with van der Waals surface area (Å²) in [5.74, 6) is 0.769. The second kappa shape index (κ2) is 6.21. The van der Waals surface area contributed by atoms with E-state index in [1.165, 1.54) is 44.8 Å². The summed E-state index contributed by atoms with van der Waals surface area (Å²) in [5.41, 5.74) is 1.05. The molecule has 2 heteroatoms. The van der Waals surface area contributed by atoms with Crippen molar-refractivity contribution in [3.05, 3.63) is 36.1 Å². The average molecular weight is 218 g/mol. The van der Waals surface area contributed by atoms with Crippen molar-refractivity contribution in [3.8, 4) is 5.75 Å². The molecule has 0 unspecified atom stereocenters. The predicted octanol–water partition coefficient (Wildman–Crippen LogP) is 4.32. The van der Waals surface area contributed by atoms with Gasteiger partial charge in [0.1, 0.15) is 6.26 Å². The molecule has 1 fully saturated rings. The van der Waals surface area contributed by atoms with Crippen LogP contribution >= 0.6 is 0 Å². The van der Waals surface area contributed by atoms with Gasteiger partial charge in [-0.2, -0.15) is 0 Å². The molecule has 0 amide bonds. The van der Waals surface area contributed by atoms with Crippen LogP contribution in [0, 0.1) is 0 Å². The monoisotopic (exact) mass is 218 g/mol. The smallest absolute Gasteiger partial charge is 0.185 e. The number of fused-ring (bicyclic) bond motifs is 1. The maximum Gasteiger partial charge on any atom is 0.185 e. The van der Waals surface area contributed by atoms with Crippen molar-refractivity contribution in [1.29, 1.82) is 0 Å². The van der Waals surface area contributed by atoms with Crippen LogP contribution in [-0.2, 0) is 4.89 Å². The number of hydrogen-bond donors (Lipinski definition) is 0. The van der Waals surface area contributed by atoms with Crippen LogP contribution in [0.5, 0.6) is 5.75 Å². The third-order valence-corrected chi connectivity index (χ3v) is 2.86. The molecule has 2 nitrogen and oxygen atoms in total. The van der Waals surface area contributed by atoms with Gasteiger partial charge in [0.2, 0.25) is 0 Å². The van der Waals surface area contributed by atoms with Gasteiger partial charge in [-0.25, -0.2) is 0 Å². The highest BCUT2D eigenvalue weighted by Gasteiger charge is 2.03. The maximum atomic E-state index is 4.84. The molecule has 1 aromatic carbocycles. The third kappa shape index (κ3) is 3.30. The number of benzene rings is 1. The molecule has 86 valence electrons. The highest BCUT2D eigenvalue weighted by molar-refractivity contribution is 5.57. The summed E-state index contributed by atoms with van der Waals surface area (Å²) in [7, 11) is 0. The molecule has 0 N–H and O–H groups in total. The third-order valence-electron chi connectivity index (χ3n) is 2.86. The summed E-state index contributed by atoms with van der Waals surface area (Å²) in [5, 5.41) is 0. The van der Waals surface area contributed by atoms with E-state index < -0.39 is 0 Å². The molecule has 2 aliphatic rings. The lowest BCUT2D eigenvalue weighted by Gasteiger charge is -2.08. The summed E-state index contributed by atoms with van der Waals surface area (Å²) in [6, 6.07) is 7.69. The Kier molecular flexibility index (Phi) is 4.29. The predicted molar refractivity (Wildman–Crippen MR) is 64.9 cm³/mol. The van der Waals surface area contributed by atoms with Gasteiger partial charge in [-0.1, -0.05) is 56.7 Å². The van der Waals surface area contributed by atoms with Gasteiger partial charge < -0.3 is 0 Å². The Morgan fingerprint density at radius 2 is 1.44 bits per heavy atom. The summed E-state index contributed by atoms with van der Waals surface area (Å²) in [6.45, 7) is 0. The minimum Gasteiger partial charge on any atom is -0.298 e. The minimum absolute atomic E-state index is 0.769. The van der Waals surface area contributed by atoms with Crippen molar-refractivity contribution in [3.63, 3.8) is 0 Å². The molecule has 1 aliphatic carbocycles. The van der Waals surface area contributed by atoms with E-state index in [0.29, 0.717) is 0 Å². The van der Waals surface area contributed by atoms with E-state index >= 15 is 0 Å². The molecule has 1 heterocycles. The lowest BCUT2D eigenvalue weighted by molar-refractivity contribution is -0.151. The van der Waals surface area contributed by atoms with Gasteiger partial charge in [0.05, 0.1) is 0 Å². The fourth-order valence-electron chi connectivity index (χ4n) is 1.94. The van der Waals surface area contributed by atoms with Gasteiger partial charge >= 0.3 is 0 Å². The summed E-state index contributed by atoms with van der Waals surface area (Å²) >= 11 is 0. The van der Waals surface area contributed by atoms with Crippen LogP contribution in [-0.4, -0.2) is 0 Å². The largest absolute Gasteiger partial charge is 0.298 e. The van der Waals surface area contributed by atoms with Gasteiger partial charge in [0.15, 0.2) is 5.75 Å². The Morgan fingerprint density at radius 3 is 2.06 bits per heavy atom. The molecule has 0 saturated heterocycles. The zero-order chi connectivity index (χ0) is 11.1. The highest BCUT2D eigenvalue weighted by atomic mass is 17.2. The van der Waals surface area contributed by atoms with Gasteiger partial charge in [-0.3, -0.25) is 9.78 Å². The normalized spacial score (nSPS) is 17.2. The molecular weight excluding hydrogens is 200 g/mol. The van der Waals surface area contributed by atoms with E-state index in [1.54, 1.807) is 0 Å². The number of rotatable bonds is 0. The van der Waals surface area contributed by atoms with Crippen molar-refractivity contribution in [2.45, 2.75) is 38.5 Å². The van der Waals surface area contributed by atoms with Crippen molar-refractivity contribution >= 4 is 6.08 Å². The van der Waals surface area contributed by atoms with Crippen LogP contribution in [0.2, 0.25) is 0 Å².